The molecule has 1 atom stereocenters. The van der Waals surface area contributed by atoms with Gasteiger partial charge >= 0.3 is 0 Å². The van der Waals surface area contributed by atoms with E-state index in [9.17, 15) is 5.11 Å². The van der Waals surface area contributed by atoms with Crippen LogP contribution in [-0.4, -0.2) is 23.1 Å². The van der Waals surface area contributed by atoms with E-state index in [0.29, 0.717) is 5.75 Å². The maximum Gasteiger partial charge on any atom is 0.115 e. The Kier molecular flexibility index (Phi) is 4.43. The average Bonchev–Trinajstić information content (AvgIpc) is 2.54. The van der Waals surface area contributed by atoms with Gasteiger partial charge in [0.15, 0.2) is 0 Å². The van der Waals surface area contributed by atoms with E-state index < -0.39 is 0 Å². The van der Waals surface area contributed by atoms with Crippen LogP contribution in [0.4, 0.5) is 0 Å². The number of benzene rings is 1. The molecule has 94 valence electrons. The fourth-order valence-electron chi connectivity index (χ4n) is 2.70. The van der Waals surface area contributed by atoms with E-state index >= 15 is 0 Å². The highest BCUT2D eigenvalue weighted by Crippen LogP contribution is 2.22. The van der Waals surface area contributed by atoms with Crippen LogP contribution in [0.3, 0.4) is 0 Å². The SMILES string of the molecule is CCC1CCCN(Cc2cccc(O)c2)CC1. The van der Waals surface area contributed by atoms with Crippen molar-refractivity contribution in [2.24, 2.45) is 5.92 Å². The van der Waals surface area contributed by atoms with Gasteiger partial charge in [-0.25, -0.2) is 0 Å². The van der Waals surface area contributed by atoms with Crippen molar-refractivity contribution in [3.05, 3.63) is 29.8 Å². The van der Waals surface area contributed by atoms with Gasteiger partial charge in [0.25, 0.3) is 0 Å². The minimum atomic E-state index is 0.378. The van der Waals surface area contributed by atoms with Gasteiger partial charge in [0.2, 0.25) is 0 Å². The molecule has 0 amide bonds. The van der Waals surface area contributed by atoms with Crippen molar-refractivity contribution in [2.75, 3.05) is 13.1 Å². The largest absolute Gasteiger partial charge is 0.508 e. The Bertz CT molecular complexity index is 351. The summed E-state index contributed by atoms with van der Waals surface area (Å²) in [5.41, 5.74) is 1.22. The minimum Gasteiger partial charge on any atom is -0.508 e. The first-order valence-electron chi connectivity index (χ1n) is 6.78. The van der Waals surface area contributed by atoms with Gasteiger partial charge in [-0.2, -0.15) is 0 Å². The Balaban J connectivity index is 1.90. The predicted molar refractivity (Wildman–Crippen MR) is 71.0 cm³/mol. The molecule has 1 saturated heterocycles. The first-order valence-corrected chi connectivity index (χ1v) is 6.78. The Labute approximate surface area is 104 Å². The zero-order valence-corrected chi connectivity index (χ0v) is 10.7. The van der Waals surface area contributed by atoms with Crippen molar-refractivity contribution in [1.82, 2.24) is 4.90 Å². The third kappa shape index (κ3) is 3.74. The molecule has 0 bridgehead atoms. The second-order valence-corrected chi connectivity index (χ2v) is 5.15. The van der Waals surface area contributed by atoms with Gasteiger partial charge in [-0.3, -0.25) is 4.90 Å². The van der Waals surface area contributed by atoms with E-state index in [0.717, 1.165) is 12.5 Å². The Morgan fingerprint density at radius 1 is 1.29 bits per heavy atom. The number of rotatable bonds is 3. The molecular weight excluding hydrogens is 210 g/mol. The monoisotopic (exact) mass is 233 g/mol. The average molecular weight is 233 g/mol. The molecule has 2 heteroatoms. The van der Waals surface area contributed by atoms with Crippen LogP contribution in [0.1, 0.15) is 38.2 Å². The Morgan fingerprint density at radius 3 is 2.94 bits per heavy atom. The zero-order chi connectivity index (χ0) is 12.1. The number of phenols is 1. The van der Waals surface area contributed by atoms with Crippen LogP contribution in [0.15, 0.2) is 24.3 Å². The molecule has 0 spiro atoms. The van der Waals surface area contributed by atoms with Crippen LogP contribution in [0.5, 0.6) is 5.75 Å². The minimum absolute atomic E-state index is 0.378. The van der Waals surface area contributed by atoms with E-state index in [2.05, 4.69) is 17.9 Å². The van der Waals surface area contributed by atoms with Gasteiger partial charge in [0.1, 0.15) is 5.75 Å². The number of phenolic OH excluding ortho intramolecular Hbond substituents is 1. The molecule has 0 aliphatic carbocycles. The molecule has 17 heavy (non-hydrogen) atoms. The van der Waals surface area contributed by atoms with E-state index in [4.69, 9.17) is 0 Å². The summed E-state index contributed by atoms with van der Waals surface area (Å²) in [7, 11) is 0. The first kappa shape index (κ1) is 12.4. The summed E-state index contributed by atoms with van der Waals surface area (Å²) in [6.07, 6.45) is 5.35. The molecular formula is C15H23NO. The molecule has 0 saturated carbocycles. The zero-order valence-electron chi connectivity index (χ0n) is 10.7. The number of aromatic hydroxyl groups is 1. The summed E-state index contributed by atoms with van der Waals surface area (Å²) in [5, 5.41) is 9.46. The van der Waals surface area contributed by atoms with Gasteiger partial charge < -0.3 is 5.11 Å². The number of hydrogen-bond donors (Lipinski definition) is 1. The van der Waals surface area contributed by atoms with E-state index in [-0.39, 0.29) is 0 Å². The third-order valence-electron chi connectivity index (χ3n) is 3.83. The maximum atomic E-state index is 9.46. The summed E-state index contributed by atoms with van der Waals surface area (Å²) in [5.74, 6) is 1.30. The topological polar surface area (TPSA) is 23.5 Å². The fourth-order valence-corrected chi connectivity index (χ4v) is 2.70. The highest BCUT2D eigenvalue weighted by atomic mass is 16.3. The van der Waals surface area contributed by atoms with Crippen LogP contribution in [0.25, 0.3) is 0 Å². The first-order chi connectivity index (χ1) is 8.28. The second-order valence-electron chi connectivity index (χ2n) is 5.15. The molecule has 1 N–H and O–H groups in total. The summed E-state index contributed by atoms with van der Waals surface area (Å²) >= 11 is 0. The van der Waals surface area contributed by atoms with Crippen LogP contribution < -0.4 is 0 Å². The molecule has 1 unspecified atom stereocenters. The molecule has 1 aromatic rings. The normalized spacial score (nSPS) is 22.3. The number of likely N-dealkylation sites (tertiary alicyclic amines) is 1. The Hall–Kier alpha value is -1.02. The van der Waals surface area contributed by atoms with Crippen LogP contribution >= 0.6 is 0 Å². The van der Waals surface area contributed by atoms with Gasteiger partial charge in [0, 0.05) is 6.54 Å². The lowest BCUT2D eigenvalue weighted by Gasteiger charge is -2.20. The molecule has 1 aromatic carbocycles. The number of nitrogens with zero attached hydrogens (tertiary/aromatic N) is 1. The van der Waals surface area contributed by atoms with Crippen molar-refractivity contribution in [1.29, 1.82) is 0 Å². The van der Waals surface area contributed by atoms with Crippen molar-refractivity contribution in [2.45, 2.75) is 39.2 Å². The van der Waals surface area contributed by atoms with E-state index in [1.165, 1.54) is 44.3 Å². The van der Waals surface area contributed by atoms with Crippen molar-refractivity contribution < 1.29 is 5.11 Å². The van der Waals surface area contributed by atoms with E-state index in [1.807, 2.05) is 12.1 Å². The second kappa shape index (κ2) is 6.06. The van der Waals surface area contributed by atoms with E-state index in [1.54, 1.807) is 6.07 Å². The molecule has 0 radical (unpaired) electrons. The molecule has 2 rings (SSSR count). The lowest BCUT2D eigenvalue weighted by atomic mass is 9.98. The highest BCUT2D eigenvalue weighted by Gasteiger charge is 2.15. The summed E-state index contributed by atoms with van der Waals surface area (Å²) in [6, 6.07) is 7.64. The molecule has 2 nitrogen and oxygen atoms in total. The van der Waals surface area contributed by atoms with Crippen LogP contribution in [0.2, 0.25) is 0 Å². The lowest BCUT2D eigenvalue weighted by molar-refractivity contribution is 0.271. The Morgan fingerprint density at radius 2 is 2.18 bits per heavy atom. The number of hydrogen-bond acceptors (Lipinski definition) is 2. The third-order valence-corrected chi connectivity index (χ3v) is 3.83. The van der Waals surface area contributed by atoms with Crippen LogP contribution in [0, 0.1) is 5.92 Å². The van der Waals surface area contributed by atoms with Crippen molar-refractivity contribution in [3.8, 4) is 5.75 Å². The maximum absolute atomic E-state index is 9.46. The van der Waals surface area contributed by atoms with Crippen molar-refractivity contribution >= 4 is 0 Å². The summed E-state index contributed by atoms with van der Waals surface area (Å²) in [4.78, 5) is 2.52. The quantitative estimate of drug-likeness (QED) is 0.865. The van der Waals surface area contributed by atoms with Crippen LogP contribution in [-0.2, 0) is 6.54 Å². The molecule has 1 heterocycles. The van der Waals surface area contributed by atoms with Gasteiger partial charge in [0.05, 0.1) is 0 Å². The summed E-state index contributed by atoms with van der Waals surface area (Å²) in [6.45, 7) is 5.68. The van der Waals surface area contributed by atoms with Gasteiger partial charge in [-0.05, 0) is 56.0 Å². The molecule has 1 aliphatic heterocycles. The molecule has 1 fully saturated rings. The van der Waals surface area contributed by atoms with Gasteiger partial charge in [-0.15, -0.1) is 0 Å². The molecule has 0 aromatic heterocycles. The smallest absolute Gasteiger partial charge is 0.115 e. The lowest BCUT2D eigenvalue weighted by Crippen LogP contribution is -2.24. The molecule has 1 aliphatic rings. The fraction of sp³-hybridized carbons (Fsp3) is 0.600. The predicted octanol–water partition coefficient (Wildman–Crippen LogP) is 3.40. The van der Waals surface area contributed by atoms with Crippen molar-refractivity contribution in [3.63, 3.8) is 0 Å². The highest BCUT2D eigenvalue weighted by molar-refractivity contribution is 5.26. The standard InChI is InChI=1S/C15H23NO/c1-2-13-6-4-9-16(10-8-13)12-14-5-3-7-15(17)11-14/h3,5,7,11,13,17H,2,4,6,8-10,12H2,1H3. The summed E-state index contributed by atoms with van der Waals surface area (Å²) < 4.78 is 0. The van der Waals surface area contributed by atoms with Gasteiger partial charge in [-0.1, -0.05) is 25.5 Å².